The lowest BCUT2D eigenvalue weighted by Gasteiger charge is -2.08. The quantitative estimate of drug-likeness (QED) is 0.841. The second-order valence-electron chi connectivity index (χ2n) is 4.44. The number of carbonyl (C=O) groups is 1. The van der Waals surface area contributed by atoms with E-state index in [1.54, 1.807) is 6.92 Å². The molecule has 118 valence electrons. The molecular weight excluding hydrogens is 318 g/mol. The smallest absolute Gasteiger partial charge is 0.356 e. The lowest BCUT2D eigenvalue weighted by atomic mass is 10.3. The molecule has 0 aliphatic rings. The number of esters is 1. The van der Waals surface area contributed by atoms with Crippen molar-refractivity contribution < 1.29 is 26.7 Å². The first kappa shape index (κ1) is 16.0. The molecule has 0 amide bonds. The molecule has 0 fully saturated rings. The van der Waals surface area contributed by atoms with Gasteiger partial charge in [0.2, 0.25) is 0 Å². The largest absolute Gasteiger partial charge is 0.464 e. The average Bonchev–Trinajstić information content (AvgIpc) is 2.77. The fraction of sp³-hybridized carbons (Fsp3) is 0.154. The number of hydrogen-bond donors (Lipinski definition) is 2. The fourth-order valence-corrected chi connectivity index (χ4v) is 2.92. The molecule has 1 heterocycles. The van der Waals surface area contributed by atoms with Crippen molar-refractivity contribution in [3.8, 4) is 0 Å². The number of benzene rings is 1. The van der Waals surface area contributed by atoms with E-state index >= 15 is 0 Å². The number of aryl methyl sites for hydroxylation is 1. The van der Waals surface area contributed by atoms with E-state index in [0.29, 0.717) is 23.9 Å². The standard InChI is InChI=1S/C13H12F2N2O4S/c1-7-3-11(12(16-7)13(18)21-2)17-22(19,20)10-5-8(14)4-9(15)6-10/h3-6,16-17H,1-2H3. The van der Waals surface area contributed by atoms with Gasteiger partial charge < -0.3 is 9.72 Å². The molecule has 1 aromatic heterocycles. The van der Waals surface area contributed by atoms with E-state index in [2.05, 4.69) is 14.4 Å². The third kappa shape index (κ3) is 3.25. The highest BCUT2D eigenvalue weighted by Crippen LogP contribution is 2.23. The summed E-state index contributed by atoms with van der Waals surface area (Å²) in [5, 5.41) is 0. The molecule has 0 radical (unpaired) electrons. The Hall–Kier alpha value is -2.42. The molecule has 0 saturated heterocycles. The molecule has 1 aromatic carbocycles. The van der Waals surface area contributed by atoms with Crippen molar-refractivity contribution in [2.75, 3.05) is 11.8 Å². The summed E-state index contributed by atoms with van der Waals surface area (Å²) in [4.78, 5) is 13.6. The fourth-order valence-electron chi connectivity index (χ4n) is 1.82. The molecule has 6 nitrogen and oxygen atoms in total. The predicted octanol–water partition coefficient (Wildman–Crippen LogP) is 2.19. The number of sulfonamides is 1. The highest BCUT2D eigenvalue weighted by Gasteiger charge is 2.22. The first-order chi connectivity index (χ1) is 10.2. The van der Waals surface area contributed by atoms with Crippen molar-refractivity contribution >= 4 is 21.7 Å². The van der Waals surface area contributed by atoms with Crippen LogP contribution in [0.2, 0.25) is 0 Å². The summed E-state index contributed by atoms with van der Waals surface area (Å²) in [7, 11) is -3.13. The second kappa shape index (κ2) is 5.76. The minimum atomic E-state index is -4.27. The average molecular weight is 330 g/mol. The van der Waals surface area contributed by atoms with Gasteiger partial charge in [0.1, 0.15) is 17.3 Å². The van der Waals surface area contributed by atoms with E-state index in [0.717, 1.165) is 7.11 Å². The summed E-state index contributed by atoms with van der Waals surface area (Å²) in [6, 6.07) is 3.25. The Morgan fingerprint density at radius 2 is 1.77 bits per heavy atom. The van der Waals surface area contributed by atoms with Crippen LogP contribution in [-0.4, -0.2) is 26.5 Å². The summed E-state index contributed by atoms with van der Waals surface area (Å²) in [6.07, 6.45) is 0. The molecular formula is C13H12F2N2O4S. The van der Waals surface area contributed by atoms with Gasteiger partial charge in [0, 0.05) is 11.8 Å². The molecule has 0 aliphatic carbocycles. The van der Waals surface area contributed by atoms with Gasteiger partial charge in [-0.2, -0.15) is 0 Å². The number of nitrogens with one attached hydrogen (secondary N) is 2. The monoisotopic (exact) mass is 330 g/mol. The number of anilines is 1. The van der Waals surface area contributed by atoms with Gasteiger partial charge in [-0.3, -0.25) is 4.72 Å². The first-order valence-corrected chi connectivity index (χ1v) is 7.48. The second-order valence-corrected chi connectivity index (χ2v) is 6.13. The minimum absolute atomic E-state index is 0.0750. The van der Waals surface area contributed by atoms with Gasteiger partial charge >= 0.3 is 5.97 Å². The van der Waals surface area contributed by atoms with Gasteiger partial charge in [-0.25, -0.2) is 22.0 Å². The Balaban J connectivity index is 2.43. The summed E-state index contributed by atoms with van der Waals surface area (Å²) < 4.78 is 57.3. The molecule has 0 bridgehead atoms. The van der Waals surface area contributed by atoms with Crippen LogP contribution in [0.3, 0.4) is 0 Å². The summed E-state index contributed by atoms with van der Waals surface area (Å²) in [5.74, 6) is -2.84. The van der Waals surface area contributed by atoms with E-state index in [9.17, 15) is 22.0 Å². The number of halogens is 2. The van der Waals surface area contributed by atoms with Crippen LogP contribution in [0, 0.1) is 18.6 Å². The van der Waals surface area contributed by atoms with E-state index in [-0.39, 0.29) is 11.4 Å². The predicted molar refractivity (Wildman–Crippen MR) is 74.0 cm³/mol. The number of aromatic nitrogens is 1. The summed E-state index contributed by atoms with van der Waals surface area (Å²) >= 11 is 0. The molecule has 0 saturated carbocycles. The van der Waals surface area contributed by atoms with Crippen molar-refractivity contribution in [2.45, 2.75) is 11.8 Å². The number of aromatic amines is 1. The number of rotatable bonds is 4. The summed E-state index contributed by atoms with van der Waals surface area (Å²) in [6.45, 7) is 1.60. The maximum atomic E-state index is 13.2. The number of methoxy groups -OCH3 is 1. The van der Waals surface area contributed by atoms with Crippen LogP contribution in [-0.2, 0) is 14.8 Å². The van der Waals surface area contributed by atoms with Crippen LogP contribution in [0.5, 0.6) is 0 Å². The molecule has 0 atom stereocenters. The van der Waals surface area contributed by atoms with Gasteiger partial charge in [0.25, 0.3) is 10.0 Å². The van der Waals surface area contributed by atoms with Gasteiger partial charge in [-0.15, -0.1) is 0 Å². The molecule has 0 spiro atoms. The van der Waals surface area contributed by atoms with E-state index < -0.39 is 32.5 Å². The van der Waals surface area contributed by atoms with E-state index in [1.165, 1.54) is 6.07 Å². The molecule has 2 rings (SSSR count). The highest BCUT2D eigenvalue weighted by molar-refractivity contribution is 7.92. The minimum Gasteiger partial charge on any atom is -0.464 e. The number of H-pyrrole nitrogens is 1. The number of hydrogen-bond acceptors (Lipinski definition) is 4. The molecule has 2 N–H and O–H groups in total. The Kier molecular flexibility index (Phi) is 4.18. The van der Waals surface area contributed by atoms with Gasteiger partial charge in [0.15, 0.2) is 0 Å². The van der Waals surface area contributed by atoms with Crippen molar-refractivity contribution in [3.63, 3.8) is 0 Å². The highest BCUT2D eigenvalue weighted by atomic mass is 32.2. The van der Waals surface area contributed by atoms with Crippen LogP contribution in [0.15, 0.2) is 29.2 Å². The lowest BCUT2D eigenvalue weighted by Crippen LogP contribution is -2.16. The van der Waals surface area contributed by atoms with Gasteiger partial charge in [0.05, 0.1) is 17.7 Å². The maximum absolute atomic E-state index is 13.2. The normalized spacial score (nSPS) is 11.3. The third-order valence-electron chi connectivity index (χ3n) is 2.73. The SMILES string of the molecule is COC(=O)c1[nH]c(C)cc1NS(=O)(=O)c1cc(F)cc(F)c1. The van der Waals surface area contributed by atoms with Gasteiger partial charge in [-0.1, -0.05) is 0 Å². The topological polar surface area (TPSA) is 88.3 Å². The van der Waals surface area contributed by atoms with Crippen molar-refractivity contribution in [2.24, 2.45) is 0 Å². The van der Waals surface area contributed by atoms with Crippen LogP contribution >= 0.6 is 0 Å². The summed E-state index contributed by atoms with van der Waals surface area (Å²) in [5.41, 5.74) is 0.318. The zero-order valence-electron chi connectivity index (χ0n) is 11.6. The zero-order valence-corrected chi connectivity index (χ0v) is 12.4. The molecule has 2 aromatic rings. The molecule has 22 heavy (non-hydrogen) atoms. The third-order valence-corrected chi connectivity index (χ3v) is 4.08. The van der Waals surface area contributed by atoms with Crippen LogP contribution in [0.1, 0.15) is 16.2 Å². The Bertz CT molecular complexity index is 810. The Labute approximate surface area is 125 Å². The van der Waals surface area contributed by atoms with Crippen molar-refractivity contribution in [1.29, 1.82) is 0 Å². The van der Waals surface area contributed by atoms with E-state index in [1.807, 2.05) is 0 Å². The lowest BCUT2D eigenvalue weighted by molar-refractivity contribution is 0.0596. The van der Waals surface area contributed by atoms with Crippen molar-refractivity contribution in [3.05, 3.63) is 47.3 Å². The molecule has 9 heteroatoms. The zero-order chi connectivity index (χ0) is 16.5. The first-order valence-electron chi connectivity index (χ1n) is 6.00. The van der Waals surface area contributed by atoms with Crippen LogP contribution < -0.4 is 4.72 Å². The molecule has 0 unspecified atom stereocenters. The van der Waals surface area contributed by atoms with E-state index in [4.69, 9.17) is 0 Å². The van der Waals surface area contributed by atoms with Gasteiger partial charge in [-0.05, 0) is 25.1 Å². The number of ether oxygens (including phenoxy) is 1. The van der Waals surface area contributed by atoms with Crippen LogP contribution in [0.25, 0.3) is 0 Å². The molecule has 0 aliphatic heterocycles. The Morgan fingerprint density at radius 3 is 2.32 bits per heavy atom. The van der Waals surface area contributed by atoms with Crippen LogP contribution in [0.4, 0.5) is 14.5 Å². The number of carbonyl (C=O) groups excluding carboxylic acids is 1. The Morgan fingerprint density at radius 1 is 1.18 bits per heavy atom. The van der Waals surface area contributed by atoms with Crippen molar-refractivity contribution in [1.82, 2.24) is 4.98 Å². The maximum Gasteiger partial charge on any atom is 0.356 e.